The Kier molecular flexibility index (Phi) is 8.94. The highest BCUT2D eigenvalue weighted by Crippen LogP contribution is 2.40. The first-order chi connectivity index (χ1) is 18.2. The largest absolute Gasteiger partial charge is 0.484 e. The van der Waals surface area contributed by atoms with Gasteiger partial charge in [0.15, 0.2) is 11.5 Å². The number of benzene rings is 1. The van der Waals surface area contributed by atoms with E-state index in [0.29, 0.717) is 6.54 Å². The van der Waals surface area contributed by atoms with E-state index in [-0.39, 0.29) is 46.9 Å². The van der Waals surface area contributed by atoms with Crippen LogP contribution in [0.4, 0.5) is 16.2 Å². The molecule has 2 heterocycles. The number of hydrogen-bond donors (Lipinski definition) is 3. The van der Waals surface area contributed by atoms with Gasteiger partial charge in [-0.25, -0.2) is 13.2 Å². The molecule has 0 saturated carbocycles. The molecule has 214 valence electrons. The molecule has 3 amide bonds. The summed E-state index contributed by atoms with van der Waals surface area (Å²) in [7, 11) is -2.91. The highest BCUT2D eigenvalue weighted by molar-refractivity contribution is 7.93. The monoisotopic (exact) mass is 566 g/mol. The van der Waals surface area contributed by atoms with Crippen molar-refractivity contribution in [3.8, 4) is 11.6 Å². The van der Waals surface area contributed by atoms with Crippen LogP contribution in [0.1, 0.15) is 34.6 Å². The van der Waals surface area contributed by atoms with Crippen molar-refractivity contribution in [1.29, 1.82) is 0 Å². The maximum atomic E-state index is 14.1. The van der Waals surface area contributed by atoms with Gasteiger partial charge >= 0.3 is 6.09 Å². The van der Waals surface area contributed by atoms with Gasteiger partial charge in [-0.3, -0.25) is 23.9 Å². The van der Waals surface area contributed by atoms with Crippen LogP contribution in [0.25, 0.3) is 0 Å². The van der Waals surface area contributed by atoms with Crippen LogP contribution in [0.15, 0.2) is 29.3 Å². The number of nitrogens with zero attached hydrogens (tertiary/aromatic N) is 3. The first-order valence-electron chi connectivity index (χ1n) is 12.2. The molecule has 14 nitrogen and oxygen atoms in total. The Morgan fingerprint density at radius 1 is 1.23 bits per heavy atom. The molecule has 1 aliphatic heterocycles. The molecule has 15 heteroatoms. The molecule has 0 aliphatic carbocycles. The van der Waals surface area contributed by atoms with Gasteiger partial charge in [0.05, 0.1) is 18.8 Å². The number of sulfonamides is 1. The van der Waals surface area contributed by atoms with Gasteiger partial charge in [-0.2, -0.15) is 0 Å². The molecule has 3 N–H and O–H groups in total. The van der Waals surface area contributed by atoms with Crippen molar-refractivity contribution in [2.45, 2.75) is 57.8 Å². The maximum Gasteiger partial charge on any atom is 0.412 e. The Balaban J connectivity index is 2.03. The fourth-order valence-electron chi connectivity index (χ4n) is 3.55. The fourth-order valence-corrected chi connectivity index (χ4v) is 5.13. The lowest BCUT2D eigenvalue weighted by Gasteiger charge is -2.35. The number of carbonyl (C=O) groups excluding carboxylic acids is 3. The molecule has 1 aromatic carbocycles. The zero-order valence-corrected chi connectivity index (χ0v) is 23.5. The predicted octanol–water partition coefficient (Wildman–Crippen LogP) is 1.47. The molecule has 1 aliphatic rings. The van der Waals surface area contributed by atoms with E-state index in [1.165, 1.54) is 37.0 Å². The van der Waals surface area contributed by atoms with E-state index in [1.807, 2.05) is 0 Å². The molecular weight excluding hydrogens is 532 g/mol. The Hall–Kier alpha value is -4.01. The quantitative estimate of drug-likeness (QED) is 0.407. The Bertz CT molecular complexity index is 1330. The second kappa shape index (κ2) is 11.8. The topological polar surface area (TPSA) is 170 Å². The number of likely N-dealkylation sites (N-methyl/N-ethyl adjacent to an activating group) is 1. The van der Waals surface area contributed by atoms with Gasteiger partial charge in [0.25, 0.3) is 21.8 Å². The maximum absolute atomic E-state index is 14.1. The minimum Gasteiger partial charge on any atom is -0.484 e. The first kappa shape index (κ1) is 29.5. The van der Waals surface area contributed by atoms with E-state index in [2.05, 4.69) is 21.0 Å². The summed E-state index contributed by atoms with van der Waals surface area (Å²) in [5.74, 6) is -0.792. The average molecular weight is 567 g/mol. The standard InChI is InChI=1S/C24H34N6O8S/c1-7-29-13-20(22(28-29)36-14-21(32)25-6)39(34,35)30-12-17(11-26-15(2)31)37-19-9-8-16(10-18(19)30)27-23(33)38-24(3,4)5/h8-10,13,17H,7,11-12,14H2,1-6H3,(H,25,32)(H,26,31)(H,27,33)/t17-/m0/s1. The molecule has 0 fully saturated rings. The molecular formula is C24H34N6O8S. The molecule has 0 bridgehead atoms. The summed E-state index contributed by atoms with van der Waals surface area (Å²) in [5.41, 5.74) is -0.324. The molecule has 0 spiro atoms. The zero-order valence-electron chi connectivity index (χ0n) is 22.7. The number of aryl methyl sites for hydroxylation is 1. The van der Waals surface area contributed by atoms with Crippen LogP contribution in [0, 0.1) is 0 Å². The van der Waals surface area contributed by atoms with Crippen LogP contribution in [0.5, 0.6) is 11.6 Å². The second-order valence-corrected chi connectivity index (χ2v) is 11.5. The SMILES string of the molecule is CCn1cc(S(=O)(=O)N2C[C@H](CNC(C)=O)Oc3ccc(NC(=O)OC(C)(C)C)cc32)c(OCC(=O)NC)n1. The van der Waals surface area contributed by atoms with Gasteiger partial charge in [-0.1, -0.05) is 0 Å². The third-order valence-electron chi connectivity index (χ3n) is 5.32. The summed E-state index contributed by atoms with van der Waals surface area (Å²) in [4.78, 5) is 35.3. The van der Waals surface area contributed by atoms with Crippen molar-refractivity contribution in [3.05, 3.63) is 24.4 Å². The van der Waals surface area contributed by atoms with E-state index in [1.54, 1.807) is 33.8 Å². The van der Waals surface area contributed by atoms with E-state index in [9.17, 15) is 22.8 Å². The number of hydrogen-bond acceptors (Lipinski definition) is 9. The minimum atomic E-state index is -4.34. The second-order valence-electron chi connectivity index (χ2n) is 9.64. The number of aromatic nitrogens is 2. The first-order valence-corrected chi connectivity index (χ1v) is 13.7. The number of rotatable bonds is 9. The predicted molar refractivity (Wildman–Crippen MR) is 141 cm³/mol. The van der Waals surface area contributed by atoms with Crippen molar-refractivity contribution in [2.75, 3.05) is 36.4 Å². The van der Waals surface area contributed by atoms with Crippen LogP contribution in [-0.4, -0.2) is 74.6 Å². The van der Waals surface area contributed by atoms with Crippen molar-refractivity contribution < 1.29 is 37.0 Å². The highest BCUT2D eigenvalue weighted by atomic mass is 32.2. The molecule has 39 heavy (non-hydrogen) atoms. The summed E-state index contributed by atoms with van der Waals surface area (Å²) in [6, 6.07) is 4.50. The van der Waals surface area contributed by atoms with Crippen LogP contribution in [-0.2, 0) is 30.9 Å². The van der Waals surface area contributed by atoms with Gasteiger partial charge < -0.3 is 24.8 Å². The van der Waals surface area contributed by atoms with E-state index >= 15 is 0 Å². The summed E-state index contributed by atoms with van der Waals surface area (Å²) in [6.07, 6.45) is -0.126. The van der Waals surface area contributed by atoms with E-state index < -0.39 is 40.3 Å². The lowest BCUT2D eigenvalue weighted by molar-refractivity contribution is -0.122. The third kappa shape index (κ3) is 7.52. The zero-order chi connectivity index (χ0) is 29.0. The van der Waals surface area contributed by atoms with Crippen molar-refractivity contribution in [3.63, 3.8) is 0 Å². The number of ether oxygens (including phenoxy) is 3. The minimum absolute atomic E-state index is 0.0486. The van der Waals surface area contributed by atoms with Crippen LogP contribution >= 0.6 is 0 Å². The third-order valence-corrected chi connectivity index (χ3v) is 7.08. The Labute approximate surface area is 227 Å². The summed E-state index contributed by atoms with van der Waals surface area (Å²) in [5, 5.41) is 11.8. The lowest BCUT2D eigenvalue weighted by Crippen LogP contribution is -2.48. The number of anilines is 2. The molecule has 0 radical (unpaired) electrons. The number of carbonyl (C=O) groups is 3. The smallest absolute Gasteiger partial charge is 0.412 e. The summed E-state index contributed by atoms with van der Waals surface area (Å²) in [6.45, 7) is 8.06. The molecule has 2 aromatic rings. The van der Waals surface area contributed by atoms with Crippen LogP contribution in [0.3, 0.4) is 0 Å². The Morgan fingerprint density at radius 3 is 2.56 bits per heavy atom. The lowest BCUT2D eigenvalue weighted by atomic mass is 10.2. The molecule has 0 saturated heterocycles. The van der Waals surface area contributed by atoms with Crippen LogP contribution < -0.4 is 29.7 Å². The van der Waals surface area contributed by atoms with Gasteiger partial charge in [-0.15, -0.1) is 5.10 Å². The van der Waals surface area contributed by atoms with Gasteiger partial charge in [0.1, 0.15) is 17.5 Å². The number of fused-ring (bicyclic) bond motifs is 1. The molecule has 1 atom stereocenters. The highest BCUT2D eigenvalue weighted by Gasteiger charge is 2.38. The van der Waals surface area contributed by atoms with Crippen molar-refractivity contribution in [2.24, 2.45) is 0 Å². The summed E-state index contributed by atoms with van der Waals surface area (Å²) >= 11 is 0. The normalized spacial score (nSPS) is 15.0. The number of amides is 3. The van der Waals surface area contributed by atoms with Crippen LogP contribution in [0.2, 0.25) is 0 Å². The van der Waals surface area contributed by atoms with Crippen molar-refractivity contribution >= 4 is 39.3 Å². The van der Waals surface area contributed by atoms with Crippen molar-refractivity contribution in [1.82, 2.24) is 20.4 Å². The van der Waals surface area contributed by atoms with E-state index in [0.717, 1.165) is 4.31 Å². The average Bonchev–Trinajstić information content (AvgIpc) is 3.28. The van der Waals surface area contributed by atoms with Gasteiger partial charge in [0.2, 0.25) is 5.91 Å². The fraction of sp³-hybridized carbons (Fsp3) is 0.500. The van der Waals surface area contributed by atoms with Gasteiger partial charge in [-0.05, 0) is 45.9 Å². The Morgan fingerprint density at radius 2 is 1.95 bits per heavy atom. The molecule has 1 aromatic heterocycles. The van der Waals surface area contributed by atoms with E-state index in [4.69, 9.17) is 14.2 Å². The summed E-state index contributed by atoms with van der Waals surface area (Å²) < 4.78 is 47.3. The molecule has 0 unspecified atom stereocenters. The molecule has 3 rings (SSSR count). The number of nitrogens with one attached hydrogen (secondary N) is 3. The van der Waals surface area contributed by atoms with Gasteiger partial charge in [0, 0.05) is 32.4 Å².